The summed E-state index contributed by atoms with van der Waals surface area (Å²) in [7, 11) is 0. The molecule has 0 radical (unpaired) electrons. The van der Waals surface area contributed by atoms with Gasteiger partial charge in [0.15, 0.2) is 12.4 Å². The first-order valence-electron chi connectivity index (χ1n) is 10.4. The lowest BCUT2D eigenvalue weighted by Crippen LogP contribution is -2.39. The lowest BCUT2D eigenvalue weighted by atomic mass is 9.88. The smallest absolute Gasteiger partial charge is 0.341 e. The average molecular weight is 424 g/mol. The molecule has 156 valence electrons. The summed E-state index contributed by atoms with van der Waals surface area (Å²) >= 11 is 1.52. The summed E-state index contributed by atoms with van der Waals surface area (Å²) in [6, 6.07) is 10.0. The van der Waals surface area contributed by atoms with Crippen LogP contribution in [-0.4, -0.2) is 18.0 Å². The number of carbonyl (C=O) groups is 2. The molecule has 0 fully saturated rings. The van der Waals surface area contributed by atoms with Crippen LogP contribution in [0.4, 0.5) is 5.00 Å². The zero-order chi connectivity index (χ0) is 21.3. The number of fused-ring (bicyclic) bond motifs is 2. The molecule has 0 bridgehead atoms. The van der Waals surface area contributed by atoms with Gasteiger partial charge in [0.05, 0.1) is 11.7 Å². The molecule has 2 heterocycles. The third-order valence-electron chi connectivity index (χ3n) is 5.38. The summed E-state index contributed by atoms with van der Waals surface area (Å²) in [5.41, 5.74) is 1.60. The molecule has 3 aromatic rings. The van der Waals surface area contributed by atoms with E-state index >= 15 is 0 Å². The fourth-order valence-electron chi connectivity index (χ4n) is 3.94. The number of nitrogens with zero attached hydrogens (tertiary/aromatic N) is 1. The van der Waals surface area contributed by atoms with Gasteiger partial charge in [0.2, 0.25) is 6.54 Å². The normalized spacial score (nSPS) is 15.8. The van der Waals surface area contributed by atoms with Crippen molar-refractivity contribution in [2.24, 2.45) is 5.92 Å². The number of anilines is 1. The van der Waals surface area contributed by atoms with E-state index in [0.29, 0.717) is 16.5 Å². The Kier molecular flexibility index (Phi) is 5.86. The van der Waals surface area contributed by atoms with E-state index in [1.54, 1.807) is 0 Å². The van der Waals surface area contributed by atoms with Crippen LogP contribution in [0.15, 0.2) is 42.7 Å². The lowest BCUT2D eigenvalue weighted by molar-refractivity contribution is -0.682. The molecule has 0 aliphatic heterocycles. The van der Waals surface area contributed by atoms with Gasteiger partial charge in [0, 0.05) is 16.3 Å². The van der Waals surface area contributed by atoms with Gasteiger partial charge in [-0.15, -0.1) is 11.3 Å². The number of amides is 1. The van der Waals surface area contributed by atoms with Crippen molar-refractivity contribution in [1.29, 1.82) is 0 Å². The van der Waals surface area contributed by atoms with Crippen molar-refractivity contribution in [1.82, 2.24) is 0 Å². The van der Waals surface area contributed by atoms with Gasteiger partial charge < -0.3 is 10.1 Å². The fourth-order valence-corrected chi connectivity index (χ4v) is 5.35. The van der Waals surface area contributed by atoms with Gasteiger partial charge in [-0.1, -0.05) is 25.1 Å². The Balaban J connectivity index is 1.57. The second kappa shape index (κ2) is 8.56. The molecule has 5 nitrogen and oxygen atoms in total. The van der Waals surface area contributed by atoms with E-state index in [4.69, 9.17) is 4.74 Å². The Bertz CT molecular complexity index is 1100. The van der Waals surface area contributed by atoms with Gasteiger partial charge >= 0.3 is 5.97 Å². The highest BCUT2D eigenvalue weighted by molar-refractivity contribution is 7.17. The molecule has 2 aromatic heterocycles. The van der Waals surface area contributed by atoms with Gasteiger partial charge in [-0.2, -0.15) is 4.57 Å². The van der Waals surface area contributed by atoms with Crippen molar-refractivity contribution in [3.63, 3.8) is 0 Å². The van der Waals surface area contributed by atoms with E-state index in [1.165, 1.54) is 16.2 Å². The van der Waals surface area contributed by atoms with Crippen LogP contribution in [0.3, 0.4) is 0 Å². The van der Waals surface area contributed by atoms with Gasteiger partial charge in [-0.25, -0.2) is 4.79 Å². The van der Waals surface area contributed by atoms with Gasteiger partial charge in [-0.05, 0) is 56.0 Å². The molecule has 30 heavy (non-hydrogen) atoms. The molecule has 1 aromatic carbocycles. The molecular weight excluding hydrogens is 396 g/mol. The van der Waals surface area contributed by atoms with E-state index in [2.05, 4.69) is 12.2 Å². The fraction of sp³-hybridized carbons (Fsp3) is 0.375. The van der Waals surface area contributed by atoms with Crippen molar-refractivity contribution < 1.29 is 18.9 Å². The number of hydrogen-bond acceptors (Lipinski definition) is 4. The standard InChI is InChI=1S/C24H26N2O3S/c1-15(2)29-24(28)22-19-9-8-16(3)12-20(19)30-23(22)25-21(27)14-26-11-10-17-6-4-5-7-18(17)13-26/h4-7,10-11,13,15-16H,8-9,12,14H2,1-3H3/p+1/t16-/m0/s1. The zero-order valence-corrected chi connectivity index (χ0v) is 18.4. The van der Waals surface area contributed by atoms with E-state index in [9.17, 15) is 9.59 Å². The summed E-state index contributed by atoms with van der Waals surface area (Å²) in [6.07, 6.45) is 6.50. The minimum atomic E-state index is -0.342. The van der Waals surface area contributed by atoms with Gasteiger partial charge in [-0.3, -0.25) is 4.79 Å². The first-order chi connectivity index (χ1) is 14.4. The molecule has 1 aliphatic rings. The number of pyridine rings is 1. The number of benzene rings is 1. The number of thiophene rings is 1. The highest BCUT2D eigenvalue weighted by Crippen LogP contribution is 2.40. The quantitative estimate of drug-likeness (QED) is 0.485. The summed E-state index contributed by atoms with van der Waals surface area (Å²) in [6.45, 7) is 6.09. The summed E-state index contributed by atoms with van der Waals surface area (Å²) in [5, 5.41) is 5.82. The van der Waals surface area contributed by atoms with E-state index in [1.807, 2.05) is 61.1 Å². The molecule has 1 amide bonds. The molecule has 0 saturated heterocycles. The Labute approximate surface area is 180 Å². The lowest BCUT2D eigenvalue weighted by Gasteiger charge is -2.18. The van der Waals surface area contributed by atoms with Crippen LogP contribution in [0.5, 0.6) is 0 Å². The largest absolute Gasteiger partial charge is 0.459 e. The summed E-state index contributed by atoms with van der Waals surface area (Å²) in [5.74, 6) is 0.0908. The number of hydrogen-bond donors (Lipinski definition) is 1. The molecule has 1 aliphatic carbocycles. The van der Waals surface area contributed by atoms with Gasteiger partial charge in [0.25, 0.3) is 5.91 Å². The maximum absolute atomic E-state index is 12.8. The highest BCUT2D eigenvalue weighted by Gasteiger charge is 2.30. The molecule has 6 heteroatoms. The average Bonchev–Trinajstić information content (AvgIpc) is 3.04. The van der Waals surface area contributed by atoms with Crippen LogP contribution in [0.25, 0.3) is 10.8 Å². The molecule has 0 spiro atoms. The molecule has 4 rings (SSSR count). The Morgan fingerprint density at radius 1 is 1.23 bits per heavy atom. The maximum atomic E-state index is 12.8. The minimum absolute atomic E-state index is 0.152. The zero-order valence-electron chi connectivity index (χ0n) is 17.6. The van der Waals surface area contributed by atoms with E-state index < -0.39 is 0 Å². The number of aromatic nitrogens is 1. The van der Waals surface area contributed by atoms with Crippen molar-refractivity contribution in [3.8, 4) is 0 Å². The second-order valence-electron chi connectivity index (χ2n) is 8.30. The van der Waals surface area contributed by atoms with E-state index in [0.717, 1.165) is 35.6 Å². The van der Waals surface area contributed by atoms with E-state index in [-0.39, 0.29) is 24.5 Å². The van der Waals surface area contributed by atoms with Crippen molar-refractivity contribution in [2.45, 2.75) is 52.7 Å². The number of nitrogens with one attached hydrogen (secondary N) is 1. The first kappa shape index (κ1) is 20.5. The highest BCUT2D eigenvalue weighted by atomic mass is 32.1. The molecule has 0 unspecified atom stereocenters. The summed E-state index contributed by atoms with van der Waals surface area (Å²) < 4.78 is 7.35. The number of rotatable bonds is 5. The van der Waals surface area contributed by atoms with Gasteiger partial charge in [0.1, 0.15) is 5.00 Å². The monoisotopic (exact) mass is 423 g/mol. The third kappa shape index (κ3) is 4.38. The summed E-state index contributed by atoms with van der Waals surface area (Å²) in [4.78, 5) is 26.8. The third-order valence-corrected chi connectivity index (χ3v) is 6.55. The molecule has 0 saturated carbocycles. The van der Waals surface area contributed by atoms with Crippen molar-refractivity contribution in [3.05, 3.63) is 58.7 Å². The second-order valence-corrected chi connectivity index (χ2v) is 9.41. The van der Waals surface area contributed by atoms with Crippen LogP contribution in [0, 0.1) is 5.92 Å². The van der Waals surface area contributed by atoms with Crippen molar-refractivity contribution >= 4 is 39.0 Å². The molecular formula is C24H27N2O3S+. The maximum Gasteiger partial charge on any atom is 0.341 e. The number of ether oxygens (including phenoxy) is 1. The topological polar surface area (TPSA) is 59.3 Å². The Morgan fingerprint density at radius 3 is 2.77 bits per heavy atom. The SMILES string of the molecule is CC(C)OC(=O)c1c(NC(=O)C[n+]2ccc3ccccc3c2)sc2c1CC[C@H](C)C2. The van der Waals surface area contributed by atoms with Crippen LogP contribution in [0.1, 0.15) is 48.0 Å². The van der Waals surface area contributed by atoms with Crippen molar-refractivity contribution in [2.75, 3.05) is 5.32 Å². The van der Waals surface area contributed by atoms with Crippen LogP contribution in [0.2, 0.25) is 0 Å². The van der Waals surface area contributed by atoms with Crippen LogP contribution < -0.4 is 9.88 Å². The number of esters is 1. The number of carbonyl (C=O) groups excluding carboxylic acids is 2. The Morgan fingerprint density at radius 2 is 2.00 bits per heavy atom. The van der Waals surface area contributed by atoms with Crippen LogP contribution in [-0.2, 0) is 28.9 Å². The van der Waals surface area contributed by atoms with Crippen LogP contribution >= 0.6 is 11.3 Å². The predicted octanol–water partition coefficient (Wildman–Crippen LogP) is 4.52. The first-order valence-corrected chi connectivity index (χ1v) is 11.3. The molecule has 1 atom stereocenters. The Hall–Kier alpha value is -2.73. The molecule has 1 N–H and O–H groups in total. The predicted molar refractivity (Wildman–Crippen MR) is 119 cm³/mol. The minimum Gasteiger partial charge on any atom is -0.459 e.